The third kappa shape index (κ3) is 5.26. The summed E-state index contributed by atoms with van der Waals surface area (Å²) in [6.45, 7) is 0.695. The van der Waals surface area contributed by atoms with Gasteiger partial charge in [-0.3, -0.25) is 4.79 Å². The zero-order valence-corrected chi connectivity index (χ0v) is 16.7. The van der Waals surface area contributed by atoms with Gasteiger partial charge in [0.05, 0.1) is 12.2 Å². The minimum Gasteiger partial charge on any atom is -0.300 e. The number of anilines is 1. The number of thioether (sulfide) groups is 1. The Labute approximate surface area is 161 Å². The first-order chi connectivity index (χ1) is 12.4. The molecule has 3 rings (SSSR count). The second-order valence-corrected chi connectivity index (χ2v) is 10.3. The summed E-state index contributed by atoms with van der Waals surface area (Å²) in [7, 11) is -3.27. The Morgan fingerprint density at radius 2 is 2.12 bits per heavy atom. The summed E-state index contributed by atoms with van der Waals surface area (Å²) in [4.78, 5) is 12.4. The van der Waals surface area contributed by atoms with Crippen LogP contribution in [-0.2, 0) is 20.6 Å². The van der Waals surface area contributed by atoms with Crippen molar-refractivity contribution in [3.63, 3.8) is 0 Å². The molecule has 1 aromatic carbocycles. The van der Waals surface area contributed by atoms with E-state index in [9.17, 15) is 13.2 Å². The van der Waals surface area contributed by atoms with Crippen LogP contribution in [0.5, 0.6) is 0 Å². The summed E-state index contributed by atoms with van der Waals surface area (Å²) < 4.78 is 25.5. The van der Waals surface area contributed by atoms with Gasteiger partial charge in [0.1, 0.15) is 0 Å². The van der Waals surface area contributed by atoms with Gasteiger partial charge < -0.3 is 5.32 Å². The zero-order valence-electron chi connectivity index (χ0n) is 14.3. The number of benzene rings is 1. The molecule has 140 valence electrons. The summed E-state index contributed by atoms with van der Waals surface area (Å²) in [6, 6.07) is 10.1. The lowest BCUT2D eigenvalue weighted by Crippen LogP contribution is -2.43. The molecule has 1 amide bonds. The quantitative estimate of drug-likeness (QED) is 0.579. The molecule has 2 aromatic rings. The fraction of sp³-hybridized carbons (Fsp3) is 0.438. The number of piperidine rings is 1. The molecule has 1 fully saturated rings. The van der Waals surface area contributed by atoms with Gasteiger partial charge in [-0.25, -0.2) is 12.7 Å². The summed E-state index contributed by atoms with van der Waals surface area (Å²) in [5.74, 6) is 0.229. The van der Waals surface area contributed by atoms with Crippen LogP contribution >= 0.6 is 23.1 Å². The molecule has 1 aromatic heterocycles. The summed E-state index contributed by atoms with van der Waals surface area (Å²) in [5, 5.41) is 11.3. The number of amides is 1. The van der Waals surface area contributed by atoms with Crippen molar-refractivity contribution in [3.05, 3.63) is 35.9 Å². The van der Waals surface area contributed by atoms with Crippen molar-refractivity contribution in [3.8, 4) is 0 Å². The topological polar surface area (TPSA) is 92.3 Å². The highest BCUT2D eigenvalue weighted by molar-refractivity contribution is 8.00. The first kappa shape index (κ1) is 19.3. The van der Waals surface area contributed by atoms with Crippen LogP contribution in [0.3, 0.4) is 0 Å². The van der Waals surface area contributed by atoms with Gasteiger partial charge in [0.15, 0.2) is 4.34 Å². The smallest absolute Gasteiger partial charge is 0.230 e. The molecule has 0 spiro atoms. The Balaban J connectivity index is 1.54. The van der Waals surface area contributed by atoms with E-state index in [1.54, 1.807) is 11.8 Å². The molecule has 0 bridgehead atoms. The number of aromatic nitrogens is 2. The van der Waals surface area contributed by atoms with Crippen LogP contribution in [-0.4, -0.2) is 48.2 Å². The number of hydrogen-bond donors (Lipinski definition) is 1. The average molecular weight is 413 g/mol. The van der Waals surface area contributed by atoms with E-state index in [0.29, 0.717) is 24.5 Å². The monoisotopic (exact) mass is 412 g/mol. The second kappa shape index (κ2) is 8.47. The Bertz CT molecular complexity index is 855. The average Bonchev–Trinajstić information content (AvgIpc) is 3.07. The van der Waals surface area contributed by atoms with Gasteiger partial charge in [0.25, 0.3) is 0 Å². The number of nitrogens with one attached hydrogen (secondary N) is 1. The summed E-state index contributed by atoms with van der Waals surface area (Å²) in [6.07, 6.45) is 2.53. The predicted octanol–water partition coefficient (Wildman–Crippen LogP) is 2.44. The maximum Gasteiger partial charge on any atom is 0.230 e. The Kier molecular flexibility index (Phi) is 6.28. The van der Waals surface area contributed by atoms with Crippen LogP contribution in [0.4, 0.5) is 5.13 Å². The molecule has 1 saturated heterocycles. The van der Waals surface area contributed by atoms with Crippen LogP contribution in [0.25, 0.3) is 0 Å². The maximum absolute atomic E-state index is 12.4. The van der Waals surface area contributed by atoms with Crippen molar-refractivity contribution in [1.82, 2.24) is 14.5 Å². The van der Waals surface area contributed by atoms with Crippen molar-refractivity contribution in [1.29, 1.82) is 0 Å². The highest BCUT2D eigenvalue weighted by Crippen LogP contribution is 2.29. The second-order valence-electron chi connectivity index (χ2n) is 6.10. The molecule has 1 N–H and O–H groups in total. The standard InChI is InChI=1S/C16H20N4O3S3/c1-26(22,23)20-9-5-8-13(10-20)14(21)17-15-18-19-16(25-15)24-11-12-6-3-2-4-7-12/h2-4,6-7,13H,5,8-11H2,1H3,(H,17,18,21)/t13-/m1/s1. The van der Waals surface area contributed by atoms with Crippen LogP contribution in [0.1, 0.15) is 18.4 Å². The lowest BCUT2D eigenvalue weighted by molar-refractivity contribution is -0.120. The first-order valence-corrected chi connectivity index (χ1v) is 11.8. The van der Waals surface area contributed by atoms with Crippen LogP contribution < -0.4 is 5.32 Å². The number of sulfonamides is 1. The molecule has 1 aliphatic heterocycles. The van der Waals surface area contributed by atoms with E-state index in [1.165, 1.54) is 27.5 Å². The number of nitrogens with zero attached hydrogens (tertiary/aromatic N) is 3. The van der Waals surface area contributed by atoms with Crippen molar-refractivity contribution < 1.29 is 13.2 Å². The van der Waals surface area contributed by atoms with Gasteiger partial charge in [-0.05, 0) is 18.4 Å². The summed E-state index contributed by atoms with van der Waals surface area (Å²) in [5.41, 5.74) is 1.20. The molecule has 1 aliphatic rings. The van der Waals surface area contributed by atoms with E-state index < -0.39 is 10.0 Å². The SMILES string of the molecule is CS(=O)(=O)N1CCC[C@@H](C(=O)Nc2nnc(SCc3ccccc3)s2)C1. The van der Waals surface area contributed by atoms with Crippen molar-refractivity contribution in [2.24, 2.45) is 5.92 Å². The zero-order chi connectivity index (χ0) is 18.6. The molecule has 0 aliphatic carbocycles. The number of carbonyl (C=O) groups excluding carboxylic acids is 1. The normalized spacial score (nSPS) is 18.6. The van der Waals surface area contributed by atoms with E-state index in [1.807, 2.05) is 30.3 Å². The Morgan fingerprint density at radius 1 is 1.35 bits per heavy atom. The largest absolute Gasteiger partial charge is 0.300 e. The molecule has 10 heteroatoms. The third-order valence-corrected chi connectivity index (χ3v) is 7.38. The van der Waals surface area contributed by atoms with Gasteiger partial charge in [0, 0.05) is 18.8 Å². The third-order valence-electron chi connectivity index (χ3n) is 4.07. The van der Waals surface area contributed by atoms with Crippen LogP contribution in [0.15, 0.2) is 34.7 Å². The van der Waals surface area contributed by atoms with Crippen molar-refractivity contribution in [2.75, 3.05) is 24.7 Å². The molecule has 1 atom stereocenters. The van der Waals surface area contributed by atoms with E-state index >= 15 is 0 Å². The fourth-order valence-corrected chi connectivity index (χ4v) is 5.33. The van der Waals surface area contributed by atoms with Gasteiger partial charge in [-0.15, -0.1) is 10.2 Å². The molecule has 2 heterocycles. The van der Waals surface area contributed by atoms with E-state index in [-0.39, 0.29) is 18.4 Å². The lowest BCUT2D eigenvalue weighted by Gasteiger charge is -2.29. The van der Waals surface area contributed by atoms with E-state index in [2.05, 4.69) is 15.5 Å². The molecule has 7 nitrogen and oxygen atoms in total. The highest BCUT2D eigenvalue weighted by atomic mass is 32.2. The van der Waals surface area contributed by atoms with Gasteiger partial charge in [-0.2, -0.15) is 0 Å². The highest BCUT2D eigenvalue weighted by Gasteiger charge is 2.30. The molecule has 26 heavy (non-hydrogen) atoms. The lowest BCUT2D eigenvalue weighted by atomic mass is 9.99. The number of hydrogen-bond acceptors (Lipinski definition) is 7. The van der Waals surface area contributed by atoms with Crippen LogP contribution in [0.2, 0.25) is 0 Å². The van der Waals surface area contributed by atoms with Gasteiger partial charge in [-0.1, -0.05) is 53.4 Å². The number of rotatable bonds is 6. The number of carbonyl (C=O) groups is 1. The van der Waals surface area contributed by atoms with Crippen molar-refractivity contribution in [2.45, 2.75) is 22.9 Å². The molecular weight excluding hydrogens is 392 g/mol. The maximum atomic E-state index is 12.4. The minimum atomic E-state index is -3.27. The molecule has 0 saturated carbocycles. The fourth-order valence-electron chi connectivity index (χ4n) is 2.70. The van der Waals surface area contributed by atoms with Crippen LogP contribution in [0, 0.1) is 5.92 Å². The first-order valence-electron chi connectivity index (χ1n) is 8.18. The van der Waals surface area contributed by atoms with Crippen molar-refractivity contribution >= 4 is 44.2 Å². The van der Waals surface area contributed by atoms with Gasteiger partial charge >= 0.3 is 0 Å². The van der Waals surface area contributed by atoms with E-state index in [4.69, 9.17) is 0 Å². The Morgan fingerprint density at radius 3 is 2.85 bits per heavy atom. The Hall–Kier alpha value is -1.49. The summed E-state index contributed by atoms with van der Waals surface area (Å²) >= 11 is 2.89. The molecule has 0 radical (unpaired) electrons. The van der Waals surface area contributed by atoms with Gasteiger partial charge in [0.2, 0.25) is 21.1 Å². The van der Waals surface area contributed by atoms with E-state index in [0.717, 1.165) is 10.1 Å². The molecular formula is C16H20N4O3S3. The molecule has 0 unspecified atom stereocenters. The predicted molar refractivity (Wildman–Crippen MR) is 104 cm³/mol. The minimum absolute atomic E-state index is 0.200.